The van der Waals surface area contributed by atoms with Crippen LogP contribution in [0.3, 0.4) is 0 Å². The molecule has 0 radical (unpaired) electrons. The summed E-state index contributed by atoms with van der Waals surface area (Å²) in [4.78, 5) is 21.4. The average molecular weight is 267 g/mol. The SMILES string of the molecule is O=C(OC1CCCCC1)c1ccc([N+](=O)[O-])c(F)c1. The van der Waals surface area contributed by atoms with Crippen LogP contribution in [0.5, 0.6) is 0 Å². The largest absolute Gasteiger partial charge is 0.459 e. The normalized spacial score (nSPS) is 16.1. The molecule has 0 saturated heterocycles. The Morgan fingerprint density at radius 3 is 2.58 bits per heavy atom. The molecule has 0 bridgehead atoms. The van der Waals surface area contributed by atoms with Gasteiger partial charge in [0.15, 0.2) is 0 Å². The lowest BCUT2D eigenvalue weighted by Crippen LogP contribution is -2.21. The van der Waals surface area contributed by atoms with Crippen molar-refractivity contribution in [2.45, 2.75) is 38.2 Å². The van der Waals surface area contributed by atoms with E-state index in [0.717, 1.165) is 44.2 Å². The van der Waals surface area contributed by atoms with E-state index in [0.29, 0.717) is 0 Å². The van der Waals surface area contributed by atoms with Gasteiger partial charge in [-0.2, -0.15) is 4.39 Å². The maximum atomic E-state index is 13.4. The monoisotopic (exact) mass is 267 g/mol. The van der Waals surface area contributed by atoms with Crippen LogP contribution in [0.15, 0.2) is 18.2 Å². The van der Waals surface area contributed by atoms with E-state index in [1.165, 1.54) is 6.07 Å². The molecule has 1 saturated carbocycles. The summed E-state index contributed by atoms with van der Waals surface area (Å²) in [5, 5.41) is 10.5. The Labute approximate surface area is 109 Å². The van der Waals surface area contributed by atoms with Crippen molar-refractivity contribution >= 4 is 11.7 Å². The van der Waals surface area contributed by atoms with Crippen molar-refractivity contribution in [1.29, 1.82) is 0 Å². The van der Waals surface area contributed by atoms with Gasteiger partial charge in [0, 0.05) is 6.07 Å². The van der Waals surface area contributed by atoms with Crippen molar-refractivity contribution in [1.82, 2.24) is 0 Å². The standard InChI is InChI=1S/C13H14FNO4/c14-11-8-9(6-7-12(11)15(17)18)13(16)19-10-4-2-1-3-5-10/h6-8,10H,1-5H2. The van der Waals surface area contributed by atoms with E-state index < -0.39 is 22.4 Å². The van der Waals surface area contributed by atoms with Crippen molar-refractivity contribution in [2.75, 3.05) is 0 Å². The van der Waals surface area contributed by atoms with Gasteiger partial charge in [0.25, 0.3) is 0 Å². The molecule has 19 heavy (non-hydrogen) atoms. The molecule has 2 rings (SSSR count). The molecule has 0 heterocycles. The van der Waals surface area contributed by atoms with Crippen LogP contribution in [0, 0.1) is 15.9 Å². The zero-order valence-electron chi connectivity index (χ0n) is 10.3. The molecule has 0 aromatic heterocycles. The van der Waals surface area contributed by atoms with Gasteiger partial charge in [-0.1, -0.05) is 6.42 Å². The van der Waals surface area contributed by atoms with Crippen LogP contribution in [0.4, 0.5) is 10.1 Å². The van der Waals surface area contributed by atoms with Gasteiger partial charge in [0.1, 0.15) is 6.10 Å². The van der Waals surface area contributed by atoms with Crippen LogP contribution in [0.25, 0.3) is 0 Å². The number of carbonyl (C=O) groups excluding carboxylic acids is 1. The van der Waals surface area contributed by atoms with Gasteiger partial charge in [0.2, 0.25) is 5.82 Å². The van der Waals surface area contributed by atoms with Crippen molar-refractivity contribution in [3.05, 3.63) is 39.7 Å². The second-order valence-corrected chi connectivity index (χ2v) is 4.59. The molecule has 0 N–H and O–H groups in total. The first-order valence-corrected chi connectivity index (χ1v) is 6.23. The highest BCUT2D eigenvalue weighted by Gasteiger charge is 2.21. The zero-order valence-corrected chi connectivity index (χ0v) is 10.3. The summed E-state index contributed by atoms with van der Waals surface area (Å²) in [5.74, 6) is -1.65. The van der Waals surface area contributed by atoms with Gasteiger partial charge in [-0.05, 0) is 37.8 Å². The van der Waals surface area contributed by atoms with E-state index in [1.54, 1.807) is 0 Å². The quantitative estimate of drug-likeness (QED) is 0.479. The molecular weight excluding hydrogens is 253 g/mol. The first-order chi connectivity index (χ1) is 9.08. The number of benzene rings is 1. The highest BCUT2D eigenvalue weighted by molar-refractivity contribution is 5.89. The number of esters is 1. The fraction of sp³-hybridized carbons (Fsp3) is 0.462. The Morgan fingerprint density at radius 1 is 1.32 bits per heavy atom. The minimum atomic E-state index is -1.02. The molecule has 1 aliphatic rings. The number of hydrogen-bond donors (Lipinski definition) is 0. The topological polar surface area (TPSA) is 69.4 Å². The predicted octanol–water partition coefficient (Wildman–Crippen LogP) is 3.22. The highest BCUT2D eigenvalue weighted by Crippen LogP contribution is 2.23. The van der Waals surface area contributed by atoms with E-state index in [-0.39, 0.29) is 11.7 Å². The molecule has 102 valence electrons. The predicted molar refractivity (Wildman–Crippen MR) is 65.3 cm³/mol. The highest BCUT2D eigenvalue weighted by atomic mass is 19.1. The number of hydrogen-bond acceptors (Lipinski definition) is 4. The molecule has 1 aliphatic carbocycles. The molecule has 5 nitrogen and oxygen atoms in total. The number of nitro benzene ring substituents is 1. The Kier molecular flexibility index (Phi) is 4.09. The summed E-state index contributed by atoms with van der Waals surface area (Å²) in [6.07, 6.45) is 4.70. The summed E-state index contributed by atoms with van der Waals surface area (Å²) in [6, 6.07) is 3.04. The van der Waals surface area contributed by atoms with Crippen molar-refractivity contribution in [3.8, 4) is 0 Å². The van der Waals surface area contributed by atoms with Crippen molar-refractivity contribution in [2.24, 2.45) is 0 Å². The van der Waals surface area contributed by atoms with Crippen LogP contribution in [-0.2, 0) is 4.74 Å². The van der Waals surface area contributed by atoms with Gasteiger partial charge < -0.3 is 4.74 Å². The van der Waals surface area contributed by atoms with Gasteiger partial charge in [-0.25, -0.2) is 4.79 Å². The first kappa shape index (κ1) is 13.5. The fourth-order valence-corrected chi connectivity index (χ4v) is 2.18. The minimum Gasteiger partial charge on any atom is -0.459 e. The van der Waals surface area contributed by atoms with Gasteiger partial charge in [-0.3, -0.25) is 10.1 Å². The zero-order chi connectivity index (χ0) is 13.8. The van der Waals surface area contributed by atoms with Gasteiger partial charge in [-0.15, -0.1) is 0 Å². The van der Waals surface area contributed by atoms with Crippen molar-refractivity contribution < 1.29 is 18.8 Å². The molecule has 0 unspecified atom stereocenters. The van der Waals surface area contributed by atoms with Gasteiger partial charge >= 0.3 is 11.7 Å². The Morgan fingerprint density at radius 2 is 2.00 bits per heavy atom. The van der Waals surface area contributed by atoms with E-state index in [4.69, 9.17) is 4.74 Å². The molecular formula is C13H14FNO4. The smallest absolute Gasteiger partial charge is 0.338 e. The molecule has 0 spiro atoms. The van der Waals surface area contributed by atoms with E-state index >= 15 is 0 Å². The molecule has 1 fully saturated rings. The fourth-order valence-electron chi connectivity index (χ4n) is 2.18. The lowest BCUT2D eigenvalue weighted by molar-refractivity contribution is -0.387. The summed E-state index contributed by atoms with van der Waals surface area (Å²) < 4.78 is 18.6. The number of carbonyl (C=O) groups is 1. The summed E-state index contributed by atoms with van der Waals surface area (Å²) in [7, 11) is 0. The molecule has 6 heteroatoms. The lowest BCUT2D eigenvalue weighted by Gasteiger charge is -2.21. The molecule has 0 aliphatic heterocycles. The first-order valence-electron chi connectivity index (χ1n) is 6.23. The van der Waals surface area contributed by atoms with E-state index in [2.05, 4.69) is 0 Å². The second kappa shape index (κ2) is 5.77. The number of rotatable bonds is 3. The van der Waals surface area contributed by atoms with Crippen LogP contribution < -0.4 is 0 Å². The van der Waals surface area contributed by atoms with Crippen LogP contribution in [-0.4, -0.2) is 17.0 Å². The van der Waals surface area contributed by atoms with Crippen molar-refractivity contribution in [3.63, 3.8) is 0 Å². The number of nitrogens with zero attached hydrogens (tertiary/aromatic N) is 1. The number of ether oxygens (including phenoxy) is 1. The third kappa shape index (κ3) is 3.27. The Bertz CT molecular complexity index is 497. The van der Waals surface area contributed by atoms with Gasteiger partial charge in [0.05, 0.1) is 10.5 Å². The molecule has 0 atom stereocenters. The number of halogens is 1. The average Bonchev–Trinajstić information content (AvgIpc) is 2.39. The maximum Gasteiger partial charge on any atom is 0.338 e. The van der Waals surface area contributed by atoms with Crippen LogP contribution in [0.1, 0.15) is 42.5 Å². The summed E-state index contributed by atoms with van der Waals surface area (Å²) >= 11 is 0. The summed E-state index contributed by atoms with van der Waals surface area (Å²) in [5.41, 5.74) is -0.636. The third-order valence-corrected chi connectivity index (χ3v) is 3.21. The Balaban J connectivity index is 2.06. The Hall–Kier alpha value is -1.98. The second-order valence-electron chi connectivity index (χ2n) is 4.59. The maximum absolute atomic E-state index is 13.4. The van der Waals surface area contributed by atoms with E-state index in [9.17, 15) is 19.3 Å². The van der Waals surface area contributed by atoms with Crippen LogP contribution >= 0.6 is 0 Å². The molecule has 1 aromatic rings. The molecule has 0 amide bonds. The summed E-state index contributed by atoms with van der Waals surface area (Å²) in [6.45, 7) is 0. The third-order valence-electron chi connectivity index (χ3n) is 3.21. The number of nitro groups is 1. The minimum absolute atomic E-state index is 0.00803. The van der Waals surface area contributed by atoms with E-state index in [1.807, 2.05) is 0 Å². The molecule has 1 aromatic carbocycles. The van der Waals surface area contributed by atoms with Crippen LogP contribution in [0.2, 0.25) is 0 Å². The lowest BCUT2D eigenvalue weighted by atomic mass is 9.98.